The van der Waals surface area contributed by atoms with Crippen LogP contribution in [0.1, 0.15) is 6.42 Å². The molecule has 3 aliphatic rings. The average Bonchev–Trinajstić information content (AvgIpc) is 2.35. The third-order valence-corrected chi connectivity index (χ3v) is 3.67. The smallest absolute Gasteiger partial charge is 0.246 e. The predicted molar refractivity (Wildman–Crippen MR) is 63.8 cm³/mol. The average molecular weight is 233 g/mol. The van der Waals surface area contributed by atoms with Gasteiger partial charge in [0.2, 0.25) is 5.70 Å². The van der Waals surface area contributed by atoms with Crippen molar-refractivity contribution in [2.75, 3.05) is 26.2 Å². The van der Waals surface area contributed by atoms with Gasteiger partial charge in [0, 0.05) is 50.3 Å². The summed E-state index contributed by atoms with van der Waals surface area (Å²) in [5.41, 5.74) is 2.90. The molecule has 0 aromatic heterocycles. The second kappa shape index (κ2) is 4.00. The lowest BCUT2D eigenvalue weighted by molar-refractivity contribution is -0.429. The highest BCUT2D eigenvalue weighted by molar-refractivity contribution is 5.37. The van der Waals surface area contributed by atoms with Crippen molar-refractivity contribution in [3.8, 4) is 0 Å². The van der Waals surface area contributed by atoms with Gasteiger partial charge in [-0.25, -0.2) is 0 Å². The molecule has 90 valence electrons. The van der Waals surface area contributed by atoms with Gasteiger partial charge < -0.3 is 10.2 Å². The highest BCUT2D eigenvalue weighted by atomic mass is 16.6. The summed E-state index contributed by atoms with van der Waals surface area (Å²) in [6.07, 6.45) is 6.31. The normalized spacial score (nSPS) is 27.4. The van der Waals surface area contributed by atoms with Gasteiger partial charge in [0.1, 0.15) is 0 Å². The summed E-state index contributed by atoms with van der Waals surface area (Å²) in [5, 5.41) is 14.1. The fraction of sp³-hybridized carbons (Fsp3) is 0.500. The Balaban J connectivity index is 1.88. The molecular weight excluding hydrogens is 218 g/mol. The highest BCUT2D eigenvalue weighted by Gasteiger charge is 2.31. The first-order chi connectivity index (χ1) is 8.24. The van der Waals surface area contributed by atoms with Crippen molar-refractivity contribution in [2.45, 2.75) is 6.42 Å². The SMILES string of the molecule is O=[N+]([O-])C1=CC=C2C=C3CNCCN3CC2C1. The third-order valence-electron chi connectivity index (χ3n) is 3.67. The van der Waals surface area contributed by atoms with Crippen LogP contribution in [-0.2, 0) is 0 Å². The van der Waals surface area contributed by atoms with Gasteiger partial charge in [0.25, 0.3) is 0 Å². The number of piperazine rings is 1. The molecule has 0 aromatic rings. The zero-order valence-corrected chi connectivity index (χ0v) is 9.56. The van der Waals surface area contributed by atoms with Crippen LogP contribution in [0.3, 0.4) is 0 Å². The van der Waals surface area contributed by atoms with Crippen molar-refractivity contribution in [3.63, 3.8) is 0 Å². The standard InChI is InChI=1S/C12H15N3O2/c16-15(17)11-2-1-9-5-12-7-13-3-4-14(12)8-10(9)6-11/h1-2,5,10,13H,3-4,6-8H2. The number of nitrogens with zero attached hydrogens (tertiary/aromatic N) is 2. The van der Waals surface area contributed by atoms with Crippen LogP contribution in [0.4, 0.5) is 0 Å². The second-order valence-corrected chi connectivity index (χ2v) is 4.74. The summed E-state index contributed by atoms with van der Waals surface area (Å²) >= 11 is 0. The number of hydrogen-bond acceptors (Lipinski definition) is 4. The number of hydrogen-bond donors (Lipinski definition) is 1. The quantitative estimate of drug-likeness (QED) is 0.540. The Morgan fingerprint density at radius 3 is 3.18 bits per heavy atom. The first-order valence-electron chi connectivity index (χ1n) is 5.95. The van der Waals surface area contributed by atoms with Crippen LogP contribution in [0.15, 0.2) is 35.2 Å². The second-order valence-electron chi connectivity index (χ2n) is 4.74. The molecule has 2 heterocycles. The molecule has 17 heavy (non-hydrogen) atoms. The maximum absolute atomic E-state index is 10.8. The Morgan fingerprint density at radius 2 is 2.35 bits per heavy atom. The van der Waals surface area contributed by atoms with Crippen molar-refractivity contribution in [1.82, 2.24) is 10.2 Å². The van der Waals surface area contributed by atoms with E-state index in [0.29, 0.717) is 18.0 Å². The summed E-state index contributed by atoms with van der Waals surface area (Å²) in [6, 6.07) is 0. The van der Waals surface area contributed by atoms with Gasteiger partial charge in [0.05, 0.1) is 4.92 Å². The molecule has 0 bridgehead atoms. The minimum atomic E-state index is -0.260. The summed E-state index contributed by atoms with van der Waals surface area (Å²) in [5.74, 6) is 0.294. The van der Waals surface area contributed by atoms with Crippen LogP contribution in [0.2, 0.25) is 0 Å². The van der Waals surface area contributed by atoms with Crippen molar-refractivity contribution < 1.29 is 4.92 Å². The van der Waals surface area contributed by atoms with Gasteiger partial charge in [-0.2, -0.15) is 0 Å². The molecule has 1 saturated heterocycles. The van der Waals surface area contributed by atoms with Crippen LogP contribution in [0, 0.1) is 16.0 Å². The summed E-state index contributed by atoms with van der Waals surface area (Å²) < 4.78 is 0. The molecular formula is C12H15N3O2. The fourth-order valence-electron chi connectivity index (χ4n) is 2.73. The van der Waals surface area contributed by atoms with Gasteiger partial charge >= 0.3 is 0 Å². The molecule has 0 amide bonds. The number of allylic oxidation sites excluding steroid dienone is 4. The zero-order chi connectivity index (χ0) is 11.8. The van der Waals surface area contributed by atoms with E-state index < -0.39 is 0 Å². The lowest BCUT2D eigenvalue weighted by atomic mass is 9.85. The monoisotopic (exact) mass is 233 g/mol. The Bertz CT molecular complexity index is 451. The number of rotatable bonds is 1. The largest absolute Gasteiger partial charge is 0.372 e. The molecule has 1 atom stereocenters. The van der Waals surface area contributed by atoms with Gasteiger partial charge in [-0.15, -0.1) is 0 Å². The van der Waals surface area contributed by atoms with Crippen LogP contribution < -0.4 is 5.32 Å². The van der Waals surface area contributed by atoms with Crippen LogP contribution in [0.5, 0.6) is 0 Å². The zero-order valence-electron chi connectivity index (χ0n) is 9.56. The molecule has 1 aliphatic carbocycles. The molecule has 0 radical (unpaired) electrons. The Morgan fingerprint density at radius 1 is 1.47 bits per heavy atom. The first-order valence-corrected chi connectivity index (χ1v) is 5.95. The van der Waals surface area contributed by atoms with Crippen LogP contribution >= 0.6 is 0 Å². The van der Waals surface area contributed by atoms with Crippen molar-refractivity contribution in [2.24, 2.45) is 5.92 Å². The van der Waals surface area contributed by atoms with Gasteiger partial charge in [-0.05, 0) is 11.6 Å². The summed E-state index contributed by atoms with van der Waals surface area (Å²) in [4.78, 5) is 12.9. The molecule has 0 spiro atoms. The van der Waals surface area contributed by atoms with Crippen molar-refractivity contribution in [1.29, 1.82) is 0 Å². The molecule has 2 aliphatic heterocycles. The fourth-order valence-corrected chi connectivity index (χ4v) is 2.73. The molecule has 3 rings (SSSR count). The lowest BCUT2D eigenvalue weighted by Crippen LogP contribution is -2.46. The maximum atomic E-state index is 10.8. The van der Waals surface area contributed by atoms with Gasteiger partial charge in [0.15, 0.2) is 0 Å². The number of fused-ring (bicyclic) bond motifs is 2. The van der Waals surface area contributed by atoms with E-state index in [9.17, 15) is 10.1 Å². The first kappa shape index (κ1) is 10.5. The van der Waals surface area contributed by atoms with Crippen molar-refractivity contribution >= 4 is 0 Å². The van der Waals surface area contributed by atoms with E-state index in [1.165, 1.54) is 11.3 Å². The molecule has 5 heteroatoms. The minimum absolute atomic E-state index is 0.260. The van der Waals surface area contributed by atoms with Crippen LogP contribution in [-0.4, -0.2) is 36.0 Å². The van der Waals surface area contributed by atoms with Gasteiger partial charge in [-0.3, -0.25) is 10.1 Å². The minimum Gasteiger partial charge on any atom is -0.372 e. The molecule has 0 aromatic carbocycles. The van der Waals surface area contributed by atoms with Crippen LogP contribution in [0.25, 0.3) is 0 Å². The summed E-state index contributed by atoms with van der Waals surface area (Å²) in [7, 11) is 0. The molecule has 5 nitrogen and oxygen atoms in total. The predicted octanol–water partition coefficient (Wildman–Crippen LogP) is 0.896. The number of nitrogens with one attached hydrogen (secondary N) is 1. The molecule has 1 unspecified atom stereocenters. The Hall–Kier alpha value is -1.62. The van der Waals surface area contributed by atoms with E-state index in [-0.39, 0.29) is 4.92 Å². The van der Waals surface area contributed by atoms with E-state index in [4.69, 9.17) is 0 Å². The Labute approximate surface area is 99.6 Å². The summed E-state index contributed by atoms with van der Waals surface area (Å²) in [6.45, 7) is 3.84. The van der Waals surface area contributed by atoms with E-state index in [0.717, 1.165) is 26.2 Å². The van der Waals surface area contributed by atoms with E-state index >= 15 is 0 Å². The topological polar surface area (TPSA) is 58.4 Å². The lowest BCUT2D eigenvalue weighted by Gasteiger charge is -2.39. The molecule has 0 saturated carbocycles. The van der Waals surface area contributed by atoms with E-state index in [1.54, 1.807) is 6.08 Å². The highest BCUT2D eigenvalue weighted by Crippen LogP contribution is 2.33. The Kier molecular flexibility index (Phi) is 2.48. The molecule has 1 N–H and O–H groups in total. The van der Waals surface area contributed by atoms with Crippen molar-refractivity contribution in [3.05, 3.63) is 45.3 Å². The number of nitro groups is 1. The maximum Gasteiger partial charge on any atom is 0.246 e. The van der Waals surface area contributed by atoms with E-state index in [1.807, 2.05) is 6.08 Å². The van der Waals surface area contributed by atoms with Gasteiger partial charge in [-0.1, -0.05) is 6.08 Å². The molecule has 1 fully saturated rings. The third kappa shape index (κ3) is 1.86. The van der Waals surface area contributed by atoms with E-state index in [2.05, 4.69) is 16.3 Å².